The number of amides is 1. The van der Waals surface area contributed by atoms with Gasteiger partial charge in [-0.3, -0.25) is 9.78 Å². The molecule has 20 heavy (non-hydrogen) atoms. The van der Waals surface area contributed by atoms with Crippen LogP contribution in [0, 0.1) is 6.92 Å². The van der Waals surface area contributed by atoms with Gasteiger partial charge < -0.3 is 15.6 Å². The van der Waals surface area contributed by atoms with Crippen molar-refractivity contribution in [2.24, 2.45) is 0 Å². The van der Waals surface area contributed by atoms with E-state index in [0.717, 1.165) is 10.1 Å². The summed E-state index contributed by atoms with van der Waals surface area (Å²) in [6.07, 6.45) is 3.34. The van der Waals surface area contributed by atoms with E-state index in [2.05, 4.69) is 20.4 Å². The topological polar surface area (TPSA) is 107 Å². The van der Waals surface area contributed by atoms with E-state index in [0.29, 0.717) is 22.3 Å². The van der Waals surface area contributed by atoms with Crippen molar-refractivity contribution in [2.75, 3.05) is 5.73 Å². The maximum atomic E-state index is 12.1. The van der Waals surface area contributed by atoms with Crippen LogP contribution in [0.1, 0.15) is 21.4 Å². The van der Waals surface area contributed by atoms with Crippen LogP contribution in [0.2, 0.25) is 0 Å². The molecule has 0 saturated carbocycles. The number of pyridine rings is 1. The molecule has 3 heterocycles. The van der Waals surface area contributed by atoms with Crippen LogP contribution in [0.5, 0.6) is 0 Å². The van der Waals surface area contributed by atoms with Gasteiger partial charge in [-0.15, -0.1) is 11.3 Å². The molecule has 0 aliphatic carbocycles. The van der Waals surface area contributed by atoms with Gasteiger partial charge in [0, 0.05) is 17.8 Å². The predicted molar refractivity (Wildman–Crippen MR) is 74.2 cm³/mol. The summed E-state index contributed by atoms with van der Waals surface area (Å²) in [5.74, 6) is 0.624. The molecule has 1 amide bonds. The first-order valence-corrected chi connectivity index (χ1v) is 6.66. The van der Waals surface area contributed by atoms with E-state index < -0.39 is 0 Å². The molecule has 0 spiro atoms. The van der Waals surface area contributed by atoms with Crippen molar-refractivity contribution >= 4 is 33.0 Å². The van der Waals surface area contributed by atoms with Crippen LogP contribution in [0.15, 0.2) is 23.0 Å². The Labute approximate surface area is 117 Å². The maximum Gasteiger partial charge on any atom is 0.263 e. The summed E-state index contributed by atoms with van der Waals surface area (Å²) in [5, 5.41) is 7.19. The minimum atomic E-state index is -0.264. The average Bonchev–Trinajstić information content (AvgIpc) is 3.01. The fraction of sp³-hybridized carbons (Fsp3) is 0.167. The average molecular weight is 289 g/mol. The zero-order valence-electron chi connectivity index (χ0n) is 10.6. The first-order valence-electron chi connectivity index (χ1n) is 5.84. The van der Waals surface area contributed by atoms with E-state index in [4.69, 9.17) is 10.3 Å². The summed E-state index contributed by atoms with van der Waals surface area (Å²) in [6.45, 7) is 1.89. The molecule has 0 unspecified atom stereocenters. The number of hydrogen-bond acceptors (Lipinski definition) is 7. The first kappa shape index (κ1) is 12.5. The smallest absolute Gasteiger partial charge is 0.263 e. The van der Waals surface area contributed by atoms with Crippen LogP contribution in [0.4, 0.5) is 5.69 Å². The van der Waals surface area contributed by atoms with Gasteiger partial charge in [-0.1, -0.05) is 5.16 Å². The number of anilines is 1. The fourth-order valence-corrected chi connectivity index (χ4v) is 2.79. The normalized spacial score (nSPS) is 10.8. The largest absolute Gasteiger partial charge is 0.397 e. The van der Waals surface area contributed by atoms with E-state index in [1.165, 1.54) is 11.3 Å². The Hall–Kier alpha value is -2.48. The zero-order valence-corrected chi connectivity index (χ0v) is 11.4. The van der Waals surface area contributed by atoms with Gasteiger partial charge in [0.1, 0.15) is 4.88 Å². The molecule has 3 aromatic heterocycles. The molecule has 0 fully saturated rings. The van der Waals surface area contributed by atoms with E-state index >= 15 is 0 Å². The van der Waals surface area contributed by atoms with Crippen molar-refractivity contribution in [3.05, 3.63) is 35.1 Å². The molecule has 0 bridgehead atoms. The Balaban J connectivity index is 1.80. The van der Waals surface area contributed by atoms with Crippen molar-refractivity contribution < 1.29 is 9.32 Å². The molecule has 0 aliphatic rings. The number of thiophene rings is 1. The van der Waals surface area contributed by atoms with Gasteiger partial charge >= 0.3 is 0 Å². The molecule has 0 aromatic carbocycles. The molecule has 0 saturated heterocycles. The zero-order chi connectivity index (χ0) is 14.1. The second-order valence-corrected chi connectivity index (χ2v) is 5.19. The molecule has 0 atom stereocenters. The van der Waals surface area contributed by atoms with Crippen molar-refractivity contribution in [1.29, 1.82) is 0 Å². The number of nitrogens with two attached hydrogens (primary N) is 1. The molecule has 7 nitrogen and oxygen atoms in total. The van der Waals surface area contributed by atoms with Gasteiger partial charge in [0.2, 0.25) is 5.89 Å². The van der Waals surface area contributed by atoms with E-state index in [1.54, 1.807) is 25.4 Å². The number of fused-ring (bicyclic) bond motifs is 1. The van der Waals surface area contributed by atoms with E-state index in [-0.39, 0.29) is 12.5 Å². The van der Waals surface area contributed by atoms with E-state index in [1.807, 2.05) is 0 Å². The van der Waals surface area contributed by atoms with Crippen molar-refractivity contribution in [3.8, 4) is 0 Å². The van der Waals surface area contributed by atoms with Crippen LogP contribution in [0.25, 0.3) is 10.1 Å². The summed E-state index contributed by atoms with van der Waals surface area (Å²) in [4.78, 5) is 20.6. The van der Waals surface area contributed by atoms with Crippen molar-refractivity contribution in [3.63, 3.8) is 0 Å². The molecule has 0 radical (unpaired) electrons. The van der Waals surface area contributed by atoms with Gasteiger partial charge in [0.05, 0.1) is 16.9 Å². The Morgan fingerprint density at radius 3 is 3.10 bits per heavy atom. The Kier molecular flexibility index (Phi) is 3.07. The number of nitrogen functional groups attached to an aromatic ring is 1. The van der Waals surface area contributed by atoms with Gasteiger partial charge in [-0.25, -0.2) is 0 Å². The highest BCUT2D eigenvalue weighted by Crippen LogP contribution is 2.32. The van der Waals surface area contributed by atoms with Crippen LogP contribution in [0.3, 0.4) is 0 Å². The summed E-state index contributed by atoms with van der Waals surface area (Å²) in [5.41, 5.74) is 6.45. The summed E-state index contributed by atoms with van der Waals surface area (Å²) in [6, 6.07) is 1.79. The van der Waals surface area contributed by atoms with Gasteiger partial charge in [0.25, 0.3) is 5.91 Å². The summed E-state index contributed by atoms with van der Waals surface area (Å²) in [7, 11) is 0. The predicted octanol–water partition coefficient (Wildman–Crippen LogP) is 1.50. The number of nitrogens with one attached hydrogen (secondary N) is 1. The quantitative estimate of drug-likeness (QED) is 0.756. The van der Waals surface area contributed by atoms with Crippen LogP contribution in [-0.2, 0) is 6.54 Å². The number of carbonyl (C=O) groups is 1. The molecule has 3 N–H and O–H groups in total. The highest BCUT2D eigenvalue weighted by molar-refractivity contribution is 7.21. The number of aryl methyl sites for hydroxylation is 1. The molecule has 8 heteroatoms. The van der Waals surface area contributed by atoms with Crippen LogP contribution < -0.4 is 11.1 Å². The second kappa shape index (κ2) is 4.89. The van der Waals surface area contributed by atoms with Crippen LogP contribution >= 0.6 is 11.3 Å². The van der Waals surface area contributed by atoms with Crippen LogP contribution in [-0.4, -0.2) is 21.0 Å². The van der Waals surface area contributed by atoms with Gasteiger partial charge in [0.15, 0.2) is 5.82 Å². The molecule has 3 aromatic rings. The Morgan fingerprint density at radius 2 is 2.40 bits per heavy atom. The third-order valence-electron chi connectivity index (χ3n) is 2.71. The second-order valence-electron chi connectivity index (χ2n) is 4.13. The number of carbonyl (C=O) groups excluding carboxylic acids is 1. The lowest BCUT2D eigenvalue weighted by atomic mass is 10.2. The number of hydrogen-bond donors (Lipinski definition) is 2. The standard InChI is InChI=1S/C12H11N5O2S/c1-6-16-9(19-17-6)5-15-12(18)11-10(13)7-2-3-14-4-8(7)20-11/h2-4H,5,13H2,1H3,(H,15,18). The summed E-state index contributed by atoms with van der Waals surface area (Å²) >= 11 is 1.31. The first-order chi connectivity index (χ1) is 9.65. The Morgan fingerprint density at radius 1 is 1.55 bits per heavy atom. The van der Waals surface area contributed by atoms with Gasteiger partial charge in [-0.05, 0) is 13.0 Å². The number of aromatic nitrogens is 3. The SMILES string of the molecule is Cc1noc(CNC(=O)c2sc3cnccc3c2N)n1. The minimum absolute atomic E-state index is 0.172. The third kappa shape index (κ3) is 2.21. The highest BCUT2D eigenvalue weighted by Gasteiger charge is 2.16. The lowest BCUT2D eigenvalue weighted by Crippen LogP contribution is -2.22. The minimum Gasteiger partial charge on any atom is -0.397 e. The highest BCUT2D eigenvalue weighted by atomic mass is 32.1. The monoisotopic (exact) mass is 289 g/mol. The Bertz CT molecular complexity index is 779. The molecule has 102 valence electrons. The molecular formula is C12H11N5O2S. The molecule has 3 rings (SSSR count). The van der Waals surface area contributed by atoms with Crippen molar-refractivity contribution in [2.45, 2.75) is 13.5 Å². The lowest BCUT2D eigenvalue weighted by molar-refractivity contribution is 0.0951. The maximum absolute atomic E-state index is 12.1. The molecule has 0 aliphatic heterocycles. The van der Waals surface area contributed by atoms with E-state index in [9.17, 15) is 4.79 Å². The summed E-state index contributed by atoms with van der Waals surface area (Å²) < 4.78 is 5.80. The third-order valence-corrected chi connectivity index (χ3v) is 3.86. The van der Waals surface area contributed by atoms with Gasteiger partial charge in [-0.2, -0.15) is 4.98 Å². The van der Waals surface area contributed by atoms with Crippen molar-refractivity contribution in [1.82, 2.24) is 20.4 Å². The number of rotatable bonds is 3. The molecular weight excluding hydrogens is 278 g/mol. The number of nitrogens with zero attached hydrogens (tertiary/aromatic N) is 3. The lowest BCUT2D eigenvalue weighted by Gasteiger charge is -2.00. The fourth-order valence-electron chi connectivity index (χ4n) is 1.79.